The Kier molecular flexibility index (Phi) is 5.41. The van der Waals surface area contributed by atoms with E-state index >= 15 is 0 Å². The van der Waals surface area contributed by atoms with Gasteiger partial charge in [-0.05, 0) is 30.7 Å². The fourth-order valence-electron chi connectivity index (χ4n) is 2.99. The van der Waals surface area contributed by atoms with Crippen molar-refractivity contribution in [2.45, 2.75) is 53.1 Å². The van der Waals surface area contributed by atoms with Gasteiger partial charge in [0.1, 0.15) is 0 Å². The minimum atomic E-state index is 0.509. The van der Waals surface area contributed by atoms with Gasteiger partial charge in [-0.15, -0.1) is 0 Å². The van der Waals surface area contributed by atoms with Crippen LogP contribution in [0.4, 0.5) is 5.69 Å². The number of nitrogens with zero attached hydrogens (tertiary/aromatic N) is 2. The maximum Gasteiger partial charge on any atom is 0.0442 e. The summed E-state index contributed by atoms with van der Waals surface area (Å²) in [7, 11) is 0. The van der Waals surface area contributed by atoms with E-state index in [1.54, 1.807) is 0 Å². The SMILES string of the molecule is CC(C)NCc1cnccc1N1CCC(C(C)C)CC1. The van der Waals surface area contributed by atoms with Crippen LogP contribution in [0.1, 0.15) is 46.1 Å². The first-order valence-corrected chi connectivity index (χ1v) is 7.99. The summed E-state index contributed by atoms with van der Waals surface area (Å²) in [5.74, 6) is 1.71. The molecule has 0 amide bonds. The average Bonchev–Trinajstić information content (AvgIpc) is 2.45. The molecule has 0 atom stereocenters. The molecule has 0 bridgehead atoms. The second-order valence-electron chi connectivity index (χ2n) is 6.61. The molecule has 1 aromatic heterocycles. The number of nitrogens with one attached hydrogen (secondary N) is 1. The second kappa shape index (κ2) is 7.07. The molecule has 0 unspecified atom stereocenters. The van der Waals surface area contributed by atoms with Gasteiger partial charge in [-0.1, -0.05) is 27.7 Å². The van der Waals surface area contributed by atoms with Crippen molar-refractivity contribution in [1.29, 1.82) is 0 Å². The molecule has 1 aromatic rings. The second-order valence-corrected chi connectivity index (χ2v) is 6.61. The molecule has 1 fully saturated rings. The third-order valence-corrected chi connectivity index (χ3v) is 4.40. The van der Waals surface area contributed by atoms with Crippen LogP contribution < -0.4 is 10.2 Å². The van der Waals surface area contributed by atoms with E-state index in [4.69, 9.17) is 0 Å². The molecule has 3 heteroatoms. The molecule has 1 aliphatic rings. The summed E-state index contributed by atoms with van der Waals surface area (Å²) in [6.07, 6.45) is 6.57. The summed E-state index contributed by atoms with van der Waals surface area (Å²) in [6, 6.07) is 2.68. The van der Waals surface area contributed by atoms with Crippen LogP contribution in [-0.4, -0.2) is 24.1 Å². The Bertz CT molecular complexity index is 406. The van der Waals surface area contributed by atoms with Gasteiger partial charge in [0.25, 0.3) is 0 Å². The van der Waals surface area contributed by atoms with E-state index in [1.807, 2.05) is 12.4 Å². The molecule has 1 saturated heterocycles. The van der Waals surface area contributed by atoms with Gasteiger partial charge in [0.2, 0.25) is 0 Å². The van der Waals surface area contributed by atoms with Crippen LogP contribution in [0.15, 0.2) is 18.5 Å². The largest absolute Gasteiger partial charge is 0.371 e. The molecule has 0 radical (unpaired) electrons. The van der Waals surface area contributed by atoms with Crippen molar-refractivity contribution in [3.8, 4) is 0 Å². The molecular weight excluding hydrogens is 246 g/mol. The summed E-state index contributed by atoms with van der Waals surface area (Å²) < 4.78 is 0. The minimum Gasteiger partial charge on any atom is -0.371 e. The molecule has 20 heavy (non-hydrogen) atoms. The highest BCUT2D eigenvalue weighted by Gasteiger charge is 2.22. The predicted octanol–water partition coefficient (Wildman–Crippen LogP) is 3.45. The number of hydrogen-bond acceptors (Lipinski definition) is 3. The number of aromatic nitrogens is 1. The Morgan fingerprint density at radius 2 is 1.95 bits per heavy atom. The molecule has 2 heterocycles. The average molecular weight is 275 g/mol. The first-order chi connectivity index (χ1) is 9.58. The number of anilines is 1. The van der Waals surface area contributed by atoms with E-state index in [2.05, 4.69) is 49.0 Å². The lowest BCUT2D eigenvalue weighted by atomic mass is 9.86. The van der Waals surface area contributed by atoms with Crippen LogP contribution in [-0.2, 0) is 6.54 Å². The summed E-state index contributed by atoms with van der Waals surface area (Å²) in [4.78, 5) is 6.83. The zero-order valence-electron chi connectivity index (χ0n) is 13.4. The molecule has 3 nitrogen and oxygen atoms in total. The van der Waals surface area contributed by atoms with Crippen molar-refractivity contribution in [3.63, 3.8) is 0 Å². The highest BCUT2D eigenvalue weighted by molar-refractivity contribution is 5.52. The van der Waals surface area contributed by atoms with Crippen LogP contribution in [0.2, 0.25) is 0 Å². The van der Waals surface area contributed by atoms with Gasteiger partial charge in [0, 0.05) is 49.3 Å². The zero-order chi connectivity index (χ0) is 14.5. The molecule has 1 N–H and O–H groups in total. The Hall–Kier alpha value is -1.09. The van der Waals surface area contributed by atoms with Gasteiger partial charge < -0.3 is 10.2 Å². The summed E-state index contributed by atoms with van der Waals surface area (Å²) in [5, 5.41) is 3.50. The van der Waals surface area contributed by atoms with E-state index in [1.165, 1.54) is 37.2 Å². The molecule has 112 valence electrons. The van der Waals surface area contributed by atoms with Gasteiger partial charge >= 0.3 is 0 Å². The summed E-state index contributed by atoms with van der Waals surface area (Å²) in [6.45, 7) is 12.3. The van der Waals surface area contributed by atoms with Crippen molar-refractivity contribution >= 4 is 5.69 Å². The smallest absolute Gasteiger partial charge is 0.0442 e. The summed E-state index contributed by atoms with van der Waals surface area (Å²) >= 11 is 0. The third kappa shape index (κ3) is 3.95. The van der Waals surface area contributed by atoms with Crippen molar-refractivity contribution < 1.29 is 0 Å². The van der Waals surface area contributed by atoms with Gasteiger partial charge in [0.05, 0.1) is 0 Å². The van der Waals surface area contributed by atoms with Crippen LogP contribution in [0, 0.1) is 11.8 Å². The van der Waals surface area contributed by atoms with E-state index in [-0.39, 0.29) is 0 Å². The third-order valence-electron chi connectivity index (χ3n) is 4.40. The van der Waals surface area contributed by atoms with Crippen LogP contribution in [0.25, 0.3) is 0 Å². The minimum absolute atomic E-state index is 0.509. The monoisotopic (exact) mass is 275 g/mol. The quantitative estimate of drug-likeness (QED) is 0.892. The lowest BCUT2D eigenvalue weighted by Gasteiger charge is -2.36. The zero-order valence-corrected chi connectivity index (χ0v) is 13.4. The fourth-order valence-corrected chi connectivity index (χ4v) is 2.99. The van der Waals surface area contributed by atoms with E-state index in [0.29, 0.717) is 6.04 Å². The maximum absolute atomic E-state index is 4.29. The fraction of sp³-hybridized carbons (Fsp3) is 0.706. The molecule has 1 aliphatic heterocycles. The van der Waals surface area contributed by atoms with Crippen LogP contribution in [0.3, 0.4) is 0 Å². The Balaban J connectivity index is 2.02. The topological polar surface area (TPSA) is 28.2 Å². The number of piperidine rings is 1. The predicted molar refractivity (Wildman–Crippen MR) is 86.0 cm³/mol. The van der Waals surface area contributed by atoms with Gasteiger partial charge in [0.15, 0.2) is 0 Å². The highest BCUT2D eigenvalue weighted by atomic mass is 15.1. The van der Waals surface area contributed by atoms with E-state index < -0.39 is 0 Å². The normalized spacial score (nSPS) is 17.2. The molecular formula is C17H29N3. The van der Waals surface area contributed by atoms with Gasteiger partial charge in [-0.2, -0.15) is 0 Å². The van der Waals surface area contributed by atoms with Gasteiger partial charge in [-0.3, -0.25) is 4.98 Å². The lowest BCUT2D eigenvalue weighted by molar-refractivity contribution is 0.311. The molecule has 0 spiro atoms. The summed E-state index contributed by atoms with van der Waals surface area (Å²) in [5.41, 5.74) is 2.69. The van der Waals surface area contributed by atoms with Gasteiger partial charge in [-0.25, -0.2) is 0 Å². The van der Waals surface area contributed by atoms with Crippen LogP contribution in [0.5, 0.6) is 0 Å². The number of pyridine rings is 1. The Morgan fingerprint density at radius 3 is 2.55 bits per heavy atom. The van der Waals surface area contributed by atoms with Crippen molar-refractivity contribution in [2.75, 3.05) is 18.0 Å². The molecule has 0 aliphatic carbocycles. The van der Waals surface area contributed by atoms with Crippen LogP contribution >= 0.6 is 0 Å². The first kappa shape index (κ1) is 15.3. The Morgan fingerprint density at radius 1 is 1.25 bits per heavy atom. The van der Waals surface area contributed by atoms with E-state index in [0.717, 1.165) is 18.4 Å². The number of hydrogen-bond donors (Lipinski definition) is 1. The van der Waals surface area contributed by atoms with Crippen molar-refractivity contribution in [1.82, 2.24) is 10.3 Å². The maximum atomic E-state index is 4.29. The standard InChI is InChI=1S/C17H29N3/c1-13(2)15-6-9-20(10-7-15)17-5-8-18-11-16(17)12-19-14(3)4/h5,8,11,13-15,19H,6-7,9-10,12H2,1-4H3. The Labute approximate surface area is 123 Å². The molecule has 0 aromatic carbocycles. The molecule has 2 rings (SSSR count). The number of rotatable bonds is 5. The first-order valence-electron chi connectivity index (χ1n) is 7.99. The van der Waals surface area contributed by atoms with E-state index in [9.17, 15) is 0 Å². The molecule has 0 saturated carbocycles. The lowest BCUT2D eigenvalue weighted by Crippen LogP contribution is -2.36. The highest BCUT2D eigenvalue weighted by Crippen LogP contribution is 2.29. The van der Waals surface area contributed by atoms with Crippen molar-refractivity contribution in [3.05, 3.63) is 24.0 Å². The van der Waals surface area contributed by atoms with Crippen molar-refractivity contribution in [2.24, 2.45) is 11.8 Å².